The Morgan fingerprint density at radius 1 is 1.09 bits per heavy atom. The van der Waals surface area contributed by atoms with Crippen molar-refractivity contribution < 1.29 is 23.8 Å². The van der Waals surface area contributed by atoms with Gasteiger partial charge < -0.3 is 19.9 Å². The van der Waals surface area contributed by atoms with E-state index in [2.05, 4.69) is 10.2 Å². The van der Waals surface area contributed by atoms with Gasteiger partial charge in [-0.15, -0.1) is 0 Å². The molecule has 32 heavy (non-hydrogen) atoms. The Bertz CT molecular complexity index is 725. The van der Waals surface area contributed by atoms with E-state index in [1.165, 1.54) is 44.2 Å². The van der Waals surface area contributed by atoms with Gasteiger partial charge in [0.15, 0.2) is 0 Å². The molecule has 0 radical (unpaired) electrons. The van der Waals surface area contributed by atoms with E-state index in [0.29, 0.717) is 38.6 Å². The van der Waals surface area contributed by atoms with Crippen molar-refractivity contribution in [3.8, 4) is 0 Å². The van der Waals surface area contributed by atoms with Crippen LogP contribution < -0.4 is 5.32 Å². The Kier molecular flexibility index (Phi) is 8.52. The van der Waals surface area contributed by atoms with Gasteiger partial charge in [0.1, 0.15) is 5.82 Å². The second kappa shape index (κ2) is 11.5. The maximum absolute atomic E-state index is 13.0. The van der Waals surface area contributed by atoms with Gasteiger partial charge in [0.2, 0.25) is 5.91 Å². The molecule has 2 saturated heterocycles. The number of carbonyl (C=O) groups excluding carboxylic acids is 1. The zero-order valence-corrected chi connectivity index (χ0v) is 18.9. The van der Waals surface area contributed by atoms with E-state index in [1.54, 1.807) is 12.1 Å². The molecular weight excluding hydrogens is 411 g/mol. The molecule has 1 amide bonds. The largest absolute Gasteiger partial charge is 0.389 e. The Labute approximate surface area is 190 Å². The first-order chi connectivity index (χ1) is 15.6. The van der Waals surface area contributed by atoms with Crippen LogP contribution in [0.25, 0.3) is 0 Å². The molecule has 1 aliphatic carbocycles. The molecule has 0 unspecified atom stereocenters. The van der Waals surface area contributed by atoms with E-state index in [0.717, 1.165) is 24.9 Å². The highest BCUT2D eigenvalue weighted by molar-refractivity contribution is 5.76. The number of ether oxygens (including phenoxy) is 2. The molecule has 3 aliphatic rings. The number of β-amino-alcohol motifs (C(OH)–C–C–N with tert-alkyl or cyclic N) is 1. The van der Waals surface area contributed by atoms with Gasteiger partial charge in [-0.2, -0.15) is 0 Å². The molecular formula is C25H37FN2O4. The summed E-state index contributed by atoms with van der Waals surface area (Å²) in [5, 5.41) is 13.3. The second-order valence-electron chi connectivity index (χ2n) is 9.70. The average molecular weight is 449 g/mol. The summed E-state index contributed by atoms with van der Waals surface area (Å²) >= 11 is 0. The molecule has 0 spiro atoms. The maximum atomic E-state index is 13.0. The number of rotatable bonds is 6. The van der Waals surface area contributed by atoms with Gasteiger partial charge in [-0.1, -0.05) is 31.4 Å². The molecule has 178 valence electrons. The number of carbonyl (C=O) groups is 1. The number of hydrogen-bond acceptors (Lipinski definition) is 5. The van der Waals surface area contributed by atoms with Crippen LogP contribution >= 0.6 is 0 Å². The molecule has 2 N–H and O–H groups in total. The lowest BCUT2D eigenvalue weighted by Gasteiger charge is -2.45. The summed E-state index contributed by atoms with van der Waals surface area (Å²) in [6, 6.07) is 6.38. The van der Waals surface area contributed by atoms with Crippen molar-refractivity contribution in [3.05, 3.63) is 35.6 Å². The highest BCUT2D eigenvalue weighted by Crippen LogP contribution is 2.31. The fourth-order valence-corrected chi connectivity index (χ4v) is 5.44. The lowest BCUT2D eigenvalue weighted by atomic mass is 9.87. The predicted octanol–water partition coefficient (Wildman–Crippen LogP) is 3.02. The van der Waals surface area contributed by atoms with Crippen LogP contribution in [-0.2, 0) is 20.8 Å². The molecule has 2 heterocycles. The summed E-state index contributed by atoms with van der Waals surface area (Å²) in [6.07, 6.45) is 7.93. The van der Waals surface area contributed by atoms with E-state index in [-0.39, 0.29) is 30.0 Å². The molecule has 3 fully saturated rings. The van der Waals surface area contributed by atoms with Crippen LogP contribution in [0.3, 0.4) is 0 Å². The minimum atomic E-state index is -0.463. The molecule has 1 aromatic rings. The monoisotopic (exact) mass is 448 g/mol. The molecule has 4 atom stereocenters. The van der Waals surface area contributed by atoms with Gasteiger partial charge >= 0.3 is 0 Å². The molecule has 6 nitrogen and oxygen atoms in total. The van der Waals surface area contributed by atoms with Gasteiger partial charge in [-0.25, -0.2) is 4.39 Å². The van der Waals surface area contributed by atoms with E-state index in [1.807, 2.05) is 0 Å². The number of benzene rings is 1. The summed E-state index contributed by atoms with van der Waals surface area (Å²) in [5.74, 6) is 0.364. The van der Waals surface area contributed by atoms with Crippen LogP contribution in [0.15, 0.2) is 24.3 Å². The molecule has 1 saturated carbocycles. The summed E-state index contributed by atoms with van der Waals surface area (Å²) in [4.78, 5) is 14.9. The fraction of sp³-hybridized carbons (Fsp3) is 0.720. The Hall–Kier alpha value is -1.54. The first-order valence-electron chi connectivity index (χ1n) is 12.2. The zero-order valence-electron chi connectivity index (χ0n) is 18.9. The van der Waals surface area contributed by atoms with Crippen molar-refractivity contribution in [3.63, 3.8) is 0 Å². The van der Waals surface area contributed by atoms with Crippen LogP contribution in [-0.4, -0.2) is 66.6 Å². The van der Waals surface area contributed by atoms with Crippen LogP contribution in [0.4, 0.5) is 4.39 Å². The summed E-state index contributed by atoms with van der Waals surface area (Å²) in [6.45, 7) is 2.81. The molecule has 0 aromatic heterocycles. The SMILES string of the molecule is O=C(C[C@@H]1CC[C@@H]2[C@H](COC[C@H](O)CN2CC2CCCCC2)O1)NCc1ccc(F)cc1. The quantitative estimate of drug-likeness (QED) is 0.700. The third-order valence-electron chi connectivity index (χ3n) is 7.12. The number of fused-ring (bicyclic) bond motifs is 1. The van der Waals surface area contributed by atoms with Crippen LogP contribution in [0.1, 0.15) is 56.9 Å². The van der Waals surface area contributed by atoms with Crippen molar-refractivity contribution in [1.82, 2.24) is 10.2 Å². The van der Waals surface area contributed by atoms with Crippen molar-refractivity contribution >= 4 is 5.91 Å². The Morgan fingerprint density at radius 2 is 1.88 bits per heavy atom. The van der Waals surface area contributed by atoms with Crippen molar-refractivity contribution in [2.45, 2.75) is 82.3 Å². The number of aliphatic hydroxyl groups excluding tert-OH is 1. The molecule has 1 aromatic carbocycles. The average Bonchev–Trinajstić information content (AvgIpc) is 2.78. The third-order valence-corrected chi connectivity index (χ3v) is 7.12. The number of nitrogens with one attached hydrogen (secondary N) is 1. The normalized spacial score (nSPS) is 30.2. The van der Waals surface area contributed by atoms with Gasteiger partial charge in [0.25, 0.3) is 0 Å². The van der Waals surface area contributed by atoms with Gasteiger partial charge in [0.05, 0.1) is 37.9 Å². The van der Waals surface area contributed by atoms with Gasteiger partial charge in [-0.3, -0.25) is 9.69 Å². The summed E-state index contributed by atoms with van der Waals surface area (Å²) < 4.78 is 25.1. The maximum Gasteiger partial charge on any atom is 0.222 e. The number of nitrogens with zero attached hydrogens (tertiary/aromatic N) is 1. The number of aliphatic hydroxyl groups is 1. The highest BCUT2D eigenvalue weighted by Gasteiger charge is 2.38. The predicted molar refractivity (Wildman–Crippen MR) is 120 cm³/mol. The number of amides is 1. The molecule has 4 rings (SSSR count). The highest BCUT2D eigenvalue weighted by atomic mass is 19.1. The van der Waals surface area contributed by atoms with Crippen LogP contribution in [0.2, 0.25) is 0 Å². The lowest BCUT2D eigenvalue weighted by Crippen LogP contribution is -2.56. The van der Waals surface area contributed by atoms with Crippen LogP contribution in [0.5, 0.6) is 0 Å². The van der Waals surface area contributed by atoms with E-state index in [9.17, 15) is 14.3 Å². The summed E-state index contributed by atoms with van der Waals surface area (Å²) in [7, 11) is 0. The third kappa shape index (κ3) is 6.73. The fourth-order valence-electron chi connectivity index (χ4n) is 5.44. The summed E-state index contributed by atoms with van der Waals surface area (Å²) in [5.41, 5.74) is 0.870. The minimum absolute atomic E-state index is 0.0565. The second-order valence-corrected chi connectivity index (χ2v) is 9.70. The standard InChI is InChI=1S/C25H37FN2O4/c26-20-8-6-18(7-9-20)13-27-25(30)12-22-10-11-23-24(32-22)17-31-16-21(29)15-28(23)14-19-4-2-1-3-5-19/h6-9,19,21-24,29H,1-5,10-17H2,(H,27,30)/t21-,22+,23-,24+/m1/s1. The smallest absolute Gasteiger partial charge is 0.222 e. The number of hydrogen-bond donors (Lipinski definition) is 2. The van der Waals surface area contributed by atoms with E-state index in [4.69, 9.17) is 9.47 Å². The van der Waals surface area contributed by atoms with Gasteiger partial charge in [-0.05, 0) is 49.3 Å². The first kappa shape index (κ1) is 23.6. The molecule has 2 aliphatic heterocycles. The molecule has 0 bridgehead atoms. The van der Waals surface area contributed by atoms with Crippen molar-refractivity contribution in [2.24, 2.45) is 5.92 Å². The lowest BCUT2D eigenvalue weighted by molar-refractivity contribution is -0.158. The van der Waals surface area contributed by atoms with E-state index >= 15 is 0 Å². The van der Waals surface area contributed by atoms with Crippen molar-refractivity contribution in [2.75, 3.05) is 26.3 Å². The topological polar surface area (TPSA) is 71.0 Å². The Morgan fingerprint density at radius 3 is 2.66 bits per heavy atom. The molecule has 7 heteroatoms. The zero-order chi connectivity index (χ0) is 22.3. The number of halogens is 1. The van der Waals surface area contributed by atoms with Crippen LogP contribution in [0, 0.1) is 11.7 Å². The Balaban J connectivity index is 1.29. The van der Waals surface area contributed by atoms with E-state index < -0.39 is 6.10 Å². The minimum Gasteiger partial charge on any atom is -0.389 e. The van der Waals surface area contributed by atoms with Crippen molar-refractivity contribution in [1.29, 1.82) is 0 Å². The van der Waals surface area contributed by atoms with Gasteiger partial charge in [0, 0.05) is 25.7 Å². The first-order valence-corrected chi connectivity index (χ1v) is 12.2.